The van der Waals surface area contributed by atoms with Gasteiger partial charge in [0.2, 0.25) is 0 Å². The summed E-state index contributed by atoms with van der Waals surface area (Å²) in [7, 11) is -4.45. The molecule has 0 aliphatic rings. The molecule has 0 spiro atoms. The van der Waals surface area contributed by atoms with Crippen LogP contribution < -0.4 is 0 Å². The first kappa shape index (κ1) is 12.5. The van der Waals surface area contributed by atoms with Crippen molar-refractivity contribution in [1.29, 1.82) is 0 Å². The highest BCUT2D eigenvalue weighted by atomic mass is 32.2. The monoisotopic (exact) mass is 258 g/mol. The van der Waals surface area contributed by atoms with Gasteiger partial charge in [0.25, 0.3) is 0 Å². The largest absolute Gasteiger partial charge is 0.223 e. The quantitative estimate of drug-likeness (QED) is 0.572. The molecule has 0 aliphatic heterocycles. The Morgan fingerprint density at radius 3 is 2.27 bits per heavy atom. The molecule has 0 N–H and O–H groups in total. The molecule has 0 atom stereocenters. The van der Waals surface area contributed by atoms with E-state index in [-0.39, 0.29) is 0 Å². The van der Waals surface area contributed by atoms with Crippen LogP contribution in [0.1, 0.15) is 4.88 Å². The Morgan fingerprint density at radius 2 is 1.87 bits per heavy atom. The van der Waals surface area contributed by atoms with Gasteiger partial charge >= 0.3 is 0 Å². The Bertz CT molecular complexity index is 510. The lowest BCUT2D eigenvalue weighted by Gasteiger charge is -2.02. The second-order valence-corrected chi connectivity index (χ2v) is 12.5. The van der Waals surface area contributed by atoms with Crippen molar-refractivity contribution < 1.29 is 8.42 Å². The lowest BCUT2D eigenvalue weighted by molar-refractivity contribution is 0.604. The van der Waals surface area contributed by atoms with Crippen LogP contribution in [0.3, 0.4) is 0 Å². The van der Waals surface area contributed by atoms with Crippen LogP contribution in [0.15, 0.2) is 16.3 Å². The summed E-state index contributed by atoms with van der Waals surface area (Å²) in [5.74, 6) is 3.04. The summed E-state index contributed by atoms with van der Waals surface area (Å²) < 4.78 is 22.8. The van der Waals surface area contributed by atoms with Gasteiger partial charge in [-0.15, -0.1) is 16.9 Å². The fraction of sp³-hybridized carbons (Fsp3) is 0.400. The van der Waals surface area contributed by atoms with E-state index < -0.39 is 17.9 Å². The molecule has 0 saturated carbocycles. The molecule has 0 amide bonds. The predicted molar refractivity (Wildman–Crippen MR) is 67.7 cm³/mol. The highest BCUT2D eigenvalue weighted by Crippen LogP contribution is 2.20. The minimum atomic E-state index is -3.07. The van der Waals surface area contributed by atoms with Gasteiger partial charge in [-0.3, -0.25) is 0 Å². The molecule has 1 rings (SSSR count). The zero-order valence-corrected chi connectivity index (χ0v) is 11.9. The van der Waals surface area contributed by atoms with Gasteiger partial charge in [-0.25, -0.2) is 8.42 Å². The van der Waals surface area contributed by atoms with E-state index in [1.807, 2.05) is 0 Å². The standard InChI is InChI=1S/C10H14O2S2Si/c1-14(11,12)10-6-5-9(13-10)7-8-15(2,3)4/h5-6H,1-4H3. The van der Waals surface area contributed by atoms with Gasteiger partial charge in [0.15, 0.2) is 9.84 Å². The predicted octanol–water partition coefficient (Wildman–Crippen LogP) is 2.38. The first-order valence-electron chi connectivity index (χ1n) is 4.51. The molecule has 5 heteroatoms. The molecule has 0 bridgehead atoms. The summed E-state index contributed by atoms with van der Waals surface area (Å²) in [6.07, 6.45) is 1.22. The summed E-state index contributed by atoms with van der Waals surface area (Å²) in [6.45, 7) is 6.47. The van der Waals surface area contributed by atoms with Crippen LogP contribution >= 0.6 is 11.3 Å². The minimum absolute atomic E-state index is 0.391. The van der Waals surface area contributed by atoms with Gasteiger partial charge in [-0.2, -0.15) is 0 Å². The highest BCUT2D eigenvalue weighted by Gasteiger charge is 2.10. The summed E-state index contributed by atoms with van der Waals surface area (Å²) >= 11 is 1.24. The summed E-state index contributed by atoms with van der Waals surface area (Å²) in [5, 5.41) is 0. The van der Waals surface area contributed by atoms with Crippen molar-refractivity contribution in [3.8, 4) is 11.5 Å². The summed E-state index contributed by atoms with van der Waals surface area (Å²) in [6, 6.07) is 3.39. The molecule has 0 saturated heterocycles. The van der Waals surface area contributed by atoms with E-state index in [9.17, 15) is 8.42 Å². The van der Waals surface area contributed by atoms with Crippen LogP contribution in [0, 0.1) is 11.5 Å². The number of hydrogen-bond acceptors (Lipinski definition) is 3. The molecular weight excluding hydrogens is 244 g/mol. The summed E-state index contributed by atoms with van der Waals surface area (Å²) in [4.78, 5) is 0.831. The van der Waals surface area contributed by atoms with Crippen LogP contribution in [0.5, 0.6) is 0 Å². The van der Waals surface area contributed by atoms with Gasteiger partial charge in [-0.05, 0) is 12.1 Å². The minimum Gasteiger partial charge on any atom is -0.223 e. The van der Waals surface area contributed by atoms with E-state index in [1.54, 1.807) is 12.1 Å². The van der Waals surface area contributed by atoms with E-state index in [4.69, 9.17) is 0 Å². The molecule has 1 aromatic rings. The number of hydrogen-bond donors (Lipinski definition) is 0. The molecule has 0 unspecified atom stereocenters. The average molecular weight is 258 g/mol. The molecule has 0 aromatic carbocycles. The molecule has 82 valence electrons. The van der Waals surface area contributed by atoms with E-state index in [0.717, 1.165) is 4.88 Å². The van der Waals surface area contributed by atoms with Crippen molar-refractivity contribution in [2.24, 2.45) is 0 Å². The molecule has 2 nitrogen and oxygen atoms in total. The molecular formula is C10H14O2S2Si. The summed E-state index contributed by atoms with van der Waals surface area (Å²) in [5.41, 5.74) is 3.21. The first-order valence-corrected chi connectivity index (χ1v) is 10.7. The van der Waals surface area contributed by atoms with Gasteiger partial charge < -0.3 is 0 Å². The average Bonchev–Trinajstić information content (AvgIpc) is 2.45. The van der Waals surface area contributed by atoms with Gasteiger partial charge in [0.05, 0.1) is 4.88 Å². The van der Waals surface area contributed by atoms with Crippen LogP contribution in [-0.4, -0.2) is 22.7 Å². The third kappa shape index (κ3) is 4.20. The number of sulfone groups is 1. The zero-order valence-electron chi connectivity index (χ0n) is 9.29. The Balaban J connectivity index is 3.00. The Morgan fingerprint density at radius 1 is 1.27 bits per heavy atom. The molecule has 0 aliphatic carbocycles. The lowest BCUT2D eigenvalue weighted by atomic mass is 10.5. The molecule has 15 heavy (non-hydrogen) atoms. The van der Waals surface area contributed by atoms with Gasteiger partial charge in [0, 0.05) is 6.26 Å². The lowest BCUT2D eigenvalue weighted by Crippen LogP contribution is -2.16. The Hall–Kier alpha value is -0.573. The van der Waals surface area contributed by atoms with Crippen molar-refractivity contribution in [3.63, 3.8) is 0 Å². The van der Waals surface area contributed by atoms with E-state index >= 15 is 0 Å². The maximum Gasteiger partial charge on any atom is 0.184 e. The van der Waals surface area contributed by atoms with Gasteiger partial charge in [0.1, 0.15) is 12.3 Å². The molecule has 1 aromatic heterocycles. The van der Waals surface area contributed by atoms with Crippen molar-refractivity contribution in [3.05, 3.63) is 17.0 Å². The third-order valence-corrected chi connectivity index (χ3v) is 5.20. The van der Waals surface area contributed by atoms with Crippen molar-refractivity contribution in [2.75, 3.05) is 6.26 Å². The second-order valence-electron chi connectivity index (χ2n) is 4.39. The molecule has 1 heterocycles. The van der Waals surface area contributed by atoms with Crippen LogP contribution in [-0.2, 0) is 9.84 Å². The maximum absolute atomic E-state index is 11.2. The second kappa shape index (κ2) is 4.12. The first-order chi connectivity index (χ1) is 6.68. The molecule has 0 radical (unpaired) electrons. The number of rotatable bonds is 1. The van der Waals surface area contributed by atoms with Crippen molar-refractivity contribution in [2.45, 2.75) is 23.9 Å². The third-order valence-electron chi connectivity index (χ3n) is 1.51. The van der Waals surface area contributed by atoms with E-state index in [1.165, 1.54) is 17.6 Å². The van der Waals surface area contributed by atoms with Crippen LogP contribution in [0.25, 0.3) is 0 Å². The SMILES string of the molecule is C[Si](C)(C)C#Cc1ccc(S(C)(=O)=O)s1. The zero-order chi connectivity index (χ0) is 11.7. The topological polar surface area (TPSA) is 34.1 Å². The van der Waals surface area contributed by atoms with Crippen LogP contribution in [0.2, 0.25) is 19.6 Å². The fourth-order valence-corrected chi connectivity index (χ4v) is 3.22. The van der Waals surface area contributed by atoms with E-state index in [2.05, 4.69) is 31.1 Å². The fourth-order valence-electron chi connectivity index (χ4n) is 0.836. The Labute approximate surface area is 96.3 Å². The van der Waals surface area contributed by atoms with Crippen LogP contribution in [0.4, 0.5) is 0 Å². The normalized spacial score (nSPS) is 12.0. The number of thiophene rings is 1. The highest BCUT2D eigenvalue weighted by molar-refractivity contribution is 7.92. The van der Waals surface area contributed by atoms with Crippen molar-refractivity contribution >= 4 is 29.2 Å². The van der Waals surface area contributed by atoms with E-state index in [0.29, 0.717) is 4.21 Å². The smallest absolute Gasteiger partial charge is 0.184 e. The van der Waals surface area contributed by atoms with Gasteiger partial charge in [-0.1, -0.05) is 25.6 Å². The Kier molecular flexibility index (Phi) is 3.43. The molecule has 0 fully saturated rings. The van der Waals surface area contributed by atoms with Crippen molar-refractivity contribution in [1.82, 2.24) is 0 Å². The maximum atomic E-state index is 11.2.